The predicted octanol–water partition coefficient (Wildman–Crippen LogP) is 3.34. The third kappa shape index (κ3) is 4.10. The van der Waals surface area contributed by atoms with Crippen LogP contribution < -0.4 is 14.4 Å². The van der Waals surface area contributed by atoms with Gasteiger partial charge in [0.2, 0.25) is 10.0 Å². The fourth-order valence-electron chi connectivity index (χ4n) is 3.45. The molecule has 0 N–H and O–H groups in total. The molecule has 1 aliphatic rings. The summed E-state index contributed by atoms with van der Waals surface area (Å²) >= 11 is 0. The largest absolute Gasteiger partial charge is 0.497 e. The molecule has 0 amide bonds. The summed E-state index contributed by atoms with van der Waals surface area (Å²) in [4.78, 5) is 2.52. The molecule has 2 aromatic rings. The Balaban J connectivity index is 1.74. The van der Waals surface area contributed by atoms with Crippen LogP contribution >= 0.6 is 0 Å². The molecule has 1 heterocycles. The van der Waals surface area contributed by atoms with Crippen molar-refractivity contribution in [2.24, 2.45) is 0 Å². The minimum atomic E-state index is -3.53. The molecule has 0 spiro atoms. The molecule has 152 valence electrons. The Bertz CT molecular complexity index is 903. The van der Waals surface area contributed by atoms with Gasteiger partial charge in [0.1, 0.15) is 11.5 Å². The maximum absolute atomic E-state index is 13.1. The van der Waals surface area contributed by atoms with Crippen molar-refractivity contribution in [3.05, 3.63) is 48.0 Å². The van der Waals surface area contributed by atoms with Crippen LogP contribution in [-0.4, -0.2) is 53.1 Å². The average Bonchev–Trinajstić information content (AvgIpc) is 2.73. The minimum absolute atomic E-state index is 0.178. The van der Waals surface area contributed by atoms with Crippen LogP contribution in [0.15, 0.2) is 47.4 Å². The number of nitrogens with zero attached hydrogens (tertiary/aromatic N) is 2. The molecular formula is C21H28N2O4S. The van der Waals surface area contributed by atoms with E-state index >= 15 is 0 Å². The van der Waals surface area contributed by atoms with Gasteiger partial charge in [-0.05, 0) is 53.9 Å². The first-order valence-corrected chi connectivity index (χ1v) is 10.9. The minimum Gasteiger partial charge on any atom is -0.497 e. The van der Waals surface area contributed by atoms with Crippen LogP contribution in [-0.2, 0) is 10.0 Å². The van der Waals surface area contributed by atoms with Crippen LogP contribution in [0.3, 0.4) is 0 Å². The zero-order chi connectivity index (χ0) is 20.3. The van der Waals surface area contributed by atoms with Crippen molar-refractivity contribution in [2.75, 3.05) is 45.3 Å². The Labute approximate surface area is 167 Å². The number of benzene rings is 2. The second-order valence-electron chi connectivity index (χ2n) is 7.15. The number of hydrogen-bond donors (Lipinski definition) is 0. The summed E-state index contributed by atoms with van der Waals surface area (Å²) < 4.78 is 38.4. The molecule has 0 aliphatic carbocycles. The summed E-state index contributed by atoms with van der Waals surface area (Å²) in [6.07, 6.45) is 0. The molecule has 1 aliphatic heterocycles. The van der Waals surface area contributed by atoms with Gasteiger partial charge in [0, 0.05) is 31.9 Å². The number of rotatable bonds is 6. The Morgan fingerprint density at radius 3 is 2.07 bits per heavy atom. The smallest absolute Gasteiger partial charge is 0.243 e. The summed E-state index contributed by atoms with van der Waals surface area (Å²) in [6, 6.07) is 13.0. The van der Waals surface area contributed by atoms with E-state index in [1.165, 1.54) is 0 Å². The van der Waals surface area contributed by atoms with Crippen LogP contribution in [0.25, 0.3) is 0 Å². The fourth-order valence-corrected chi connectivity index (χ4v) is 4.91. The number of methoxy groups -OCH3 is 2. The predicted molar refractivity (Wildman–Crippen MR) is 111 cm³/mol. The van der Waals surface area contributed by atoms with Crippen molar-refractivity contribution in [1.29, 1.82) is 0 Å². The van der Waals surface area contributed by atoms with Crippen LogP contribution in [0.4, 0.5) is 5.69 Å². The first kappa shape index (κ1) is 20.5. The third-order valence-electron chi connectivity index (χ3n) is 5.14. The summed E-state index contributed by atoms with van der Waals surface area (Å²) in [5.41, 5.74) is 1.98. The van der Waals surface area contributed by atoms with E-state index < -0.39 is 10.0 Å². The van der Waals surface area contributed by atoms with Crippen LogP contribution in [0.1, 0.15) is 25.3 Å². The number of sulfonamides is 1. The van der Waals surface area contributed by atoms with Gasteiger partial charge in [-0.25, -0.2) is 8.42 Å². The molecular weight excluding hydrogens is 376 g/mol. The number of hydrogen-bond acceptors (Lipinski definition) is 5. The zero-order valence-corrected chi connectivity index (χ0v) is 17.7. The van der Waals surface area contributed by atoms with Gasteiger partial charge in [-0.3, -0.25) is 0 Å². The van der Waals surface area contributed by atoms with Gasteiger partial charge in [0.25, 0.3) is 0 Å². The Hall–Kier alpha value is -2.25. The topological polar surface area (TPSA) is 59.1 Å². The summed E-state index contributed by atoms with van der Waals surface area (Å²) in [5.74, 6) is 1.71. The second-order valence-corrected chi connectivity index (χ2v) is 9.09. The SMILES string of the molecule is COc1ccc(N2CCN(S(=O)(=O)c3ccc(OC)c(C(C)C)c3)CC2)cc1. The standard InChI is InChI=1S/C21H28N2O4S/c1-16(2)20-15-19(9-10-21(20)27-4)28(24,25)23-13-11-22(12-14-23)17-5-7-18(26-3)8-6-17/h5-10,15-16H,11-14H2,1-4H3. The quantitative estimate of drug-likeness (QED) is 0.739. The van der Waals surface area contributed by atoms with E-state index in [9.17, 15) is 8.42 Å². The van der Waals surface area contributed by atoms with Crippen molar-refractivity contribution < 1.29 is 17.9 Å². The molecule has 0 bridgehead atoms. The molecule has 3 rings (SSSR count). The summed E-state index contributed by atoms with van der Waals surface area (Å²) in [6.45, 7) is 6.27. The average molecular weight is 405 g/mol. The number of anilines is 1. The lowest BCUT2D eigenvalue weighted by Crippen LogP contribution is -2.48. The normalized spacial score (nSPS) is 15.7. The van der Waals surface area contributed by atoms with E-state index in [1.54, 1.807) is 36.7 Å². The lowest BCUT2D eigenvalue weighted by Gasteiger charge is -2.35. The molecule has 28 heavy (non-hydrogen) atoms. The molecule has 0 saturated carbocycles. The maximum atomic E-state index is 13.1. The van der Waals surface area contributed by atoms with Crippen LogP contribution in [0.2, 0.25) is 0 Å². The van der Waals surface area contributed by atoms with Crippen molar-refractivity contribution in [3.8, 4) is 11.5 Å². The maximum Gasteiger partial charge on any atom is 0.243 e. The molecule has 0 unspecified atom stereocenters. The van der Waals surface area contributed by atoms with Gasteiger partial charge in [0.05, 0.1) is 19.1 Å². The Morgan fingerprint density at radius 2 is 1.54 bits per heavy atom. The van der Waals surface area contributed by atoms with Gasteiger partial charge in [0.15, 0.2) is 0 Å². The van der Waals surface area contributed by atoms with Crippen LogP contribution in [0, 0.1) is 0 Å². The molecule has 6 nitrogen and oxygen atoms in total. The highest BCUT2D eigenvalue weighted by Crippen LogP contribution is 2.30. The van der Waals surface area contributed by atoms with Gasteiger partial charge in [-0.15, -0.1) is 0 Å². The van der Waals surface area contributed by atoms with Gasteiger partial charge in [-0.1, -0.05) is 13.8 Å². The summed E-state index contributed by atoms with van der Waals surface area (Å²) in [5, 5.41) is 0. The molecule has 1 fully saturated rings. The van der Waals surface area contributed by atoms with Gasteiger partial charge in [-0.2, -0.15) is 4.31 Å². The van der Waals surface area contributed by atoms with E-state index in [1.807, 2.05) is 38.1 Å². The molecule has 0 aromatic heterocycles. The van der Waals surface area contributed by atoms with E-state index in [0.29, 0.717) is 31.1 Å². The first-order chi connectivity index (χ1) is 13.4. The highest BCUT2D eigenvalue weighted by molar-refractivity contribution is 7.89. The van der Waals surface area contributed by atoms with E-state index in [0.717, 1.165) is 22.7 Å². The highest BCUT2D eigenvalue weighted by atomic mass is 32.2. The second kappa shape index (κ2) is 8.41. The molecule has 0 atom stereocenters. The van der Waals surface area contributed by atoms with E-state index in [4.69, 9.17) is 9.47 Å². The number of piperazine rings is 1. The van der Waals surface area contributed by atoms with E-state index in [2.05, 4.69) is 4.90 Å². The van der Waals surface area contributed by atoms with Crippen LogP contribution in [0.5, 0.6) is 11.5 Å². The van der Waals surface area contributed by atoms with Gasteiger partial charge < -0.3 is 14.4 Å². The monoisotopic (exact) mass is 404 g/mol. The zero-order valence-electron chi connectivity index (χ0n) is 16.9. The number of ether oxygens (including phenoxy) is 2. The lowest BCUT2D eigenvalue weighted by molar-refractivity contribution is 0.384. The fraction of sp³-hybridized carbons (Fsp3) is 0.429. The van der Waals surface area contributed by atoms with Crippen molar-refractivity contribution in [1.82, 2.24) is 4.31 Å². The molecule has 0 radical (unpaired) electrons. The van der Waals surface area contributed by atoms with E-state index in [-0.39, 0.29) is 5.92 Å². The molecule has 2 aromatic carbocycles. The third-order valence-corrected chi connectivity index (χ3v) is 7.03. The van der Waals surface area contributed by atoms with Crippen molar-refractivity contribution in [2.45, 2.75) is 24.7 Å². The highest BCUT2D eigenvalue weighted by Gasteiger charge is 2.29. The lowest BCUT2D eigenvalue weighted by atomic mass is 10.0. The Kier molecular flexibility index (Phi) is 6.15. The molecule has 1 saturated heterocycles. The van der Waals surface area contributed by atoms with Crippen molar-refractivity contribution >= 4 is 15.7 Å². The van der Waals surface area contributed by atoms with Crippen molar-refractivity contribution in [3.63, 3.8) is 0 Å². The Morgan fingerprint density at radius 1 is 0.893 bits per heavy atom. The molecule has 7 heteroatoms. The van der Waals surface area contributed by atoms with Gasteiger partial charge >= 0.3 is 0 Å². The first-order valence-electron chi connectivity index (χ1n) is 9.44. The summed E-state index contributed by atoms with van der Waals surface area (Å²) in [7, 11) is -0.282.